The lowest BCUT2D eigenvalue weighted by molar-refractivity contribution is 0.0474. The van der Waals surface area contributed by atoms with Crippen molar-refractivity contribution >= 4 is 35.3 Å². The third-order valence-corrected chi connectivity index (χ3v) is 5.33. The number of nitrogens with zero attached hydrogens (tertiary/aromatic N) is 1. The minimum atomic E-state index is -1.35. The number of hydrogen-bond donors (Lipinski definition) is 3. The van der Waals surface area contributed by atoms with Gasteiger partial charge in [0.15, 0.2) is 0 Å². The summed E-state index contributed by atoms with van der Waals surface area (Å²) in [6, 6.07) is 7.27. The normalized spacial score (nSPS) is 17.4. The van der Waals surface area contributed by atoms with E-state index in [0.29, 0.717) is 6.61 Å². The minimum absolute atomic E-state index is 0.0322. The van der Waals surface area contributed by atoms with Crippen LogP contribution in [0.3, 0.4) is 0 Å². The summed E-state index contributed by atoms with van der Waals surface area (Å²) in [5, 5.41) is 20.8. The molecule has 3 N–H and O–H groups in total. The van der Waals surface area contributed by atoms with Crippen LogP contribution in [0, 0.1) is 0 Å². The Morgan fingerprint density at radius 2 is 1.59 bits per heavy atom. The Kier molecular flexibility index (Phi) is 5.45. The van der Waals surface area contributed by atoms with E-state index in [1.54, 1.807) is 0 Å². The van der Waals surface area contributed by atoms with Gasteiger partial charge in [0.05, 0.1) is 34.9 Å². The van der Waals surface area contributed by atoms with Gasteiger partial charge in [-0.2, -0.15) is 0 Å². The smallest absolute Gasteiger partial charge is 0.335 e. The number of amides is 3. The third-order valence-electron chi connectivity index (χ3n) is 5.33. The van der Waals surface area contributed by atoms with Crippen molar-refractivity contribution in [3.63, 3.8) is 0 Å². The first-order valence-corrected chi connectivity index (χ1v) is 9.79. The van der Waals surface area contributed by atoms with Crippen molar-refractivity contribution in [2.75, 3.05) is 18.5 Å². The number of benzene rings is 2. The lowest BCUT2D eigenvalue weighted by atomic mass is 10.0. The number of hydrogen-bond acceptors (Lipinski definition) is 6. The van der Waals surface area contributed by atoms with Gasteiger partial charge in [-0.25, -0.2) is 9.59 Å². The zero-order valence-electron chi connectivity index (χ0n) is 16.7. The van der Waals surface area contributed by atoms with Gasteiger partial charge in [0.1, 0.15) is 0 Å². The molecule has 0 spiro atoms. The number of imide groups is 1. The molecule has 2 aliphatic heterocycles. The van der Waals surface area contributed by atoms with Crippen LogP contribution in [0.5, 0.6) is 0 Å². The topological polar surface area (TPSA) is 150 Å². The van der Waals surface area contributed by atoms with Crippen LogP contribution < -0.4 is 5.32 Å². The molecule has 2 aromatic carbocycles. The number of carbonyl (C=O) groups excluding carboxylic acids is 3. The fraction of sp³-hybridized carbons (Fsp3) is 0.227. The summed E-state index contributed by atoms with van der Waals surface area (Å²) < 4.78 is 5.50. The molecule has 2 heterocycles. The van der Waals surface area contributed by atoms with E-state index in [1.807, 2.05) is 0 Å². The molecule has 10 nitrogen and oxygen atoms in total. The summed E-state index contributed by atoms with van der Waals surface area (Å²) in [5.74, 6) is -4.36. The highest BCUT2D eigenvalue weighted by atomic mass is 16.5. The molecule has 0 radical (unpaired) electrons. The molecule has 0 unspecified atom stereocenters. The first-order chi connectivity index (χ1) is 15.2. The van der Waals surface area contributed by atoms with Crippen LogP contribution >= 0.6 is 0 Å². The number of ether oxygens (including phenoxy) is 1. The highest BCUT2D eigenvalue weighted by molar-refractivity contribution is 6.22. The van der Waals surface area contributed by atoms with Gasteiger partial charge in [0.2, 0.25) is 0 Å². The fourth-order valence-corrected chi connectivity index (χ4v) is 3.74. The SMILES string of the molecule is O=C(O)c1cc(NC(=O)c2ccc3c(c2)C(=O)N(C[C@H]2CCCO2)C3=O)cc(C(=O)O)c1. The Labute approximate surface area is 181 Å². The van der Waals surface area contributed by atoms with Crippen LogP contribution in [-0.4, -0.2) is 64.0 Å². The highest BCUT2D eigenvalue weighted by Gasteiger charge is 2.38. The second kappa shape index (κ2) is 8.23. The average molecular weight is 438 g/mol. The van der Waals surface area contributed by atoms with Crippen LogP contribution in [-0.2, 0) is 4.74 Å². The molecule has 0 aromatic heterocycles. The molecule has 0 bridgehead atoms. The number of aromatic carboxylic acids is 2. The number of fused-ring (bicyclic) bond motifs is 1. The number of anilines is 1. The maximum absolute atomic E-state index is 12.8. The van der Waals surface area contributed by atoms with E-state index in [1.165, 1.54) is 18.2 Å². The molecular formula is C22H18N2O8. The van der Waals surface area contributed by atoms with Crippen LogP contribution in [0.4, 0.5) is 5.69 Å². The summed E-state index contributed by atoms with van der Waals surface area (Å²) in [4.78, 5) is 61.6. The first-order valence-electron chi connectivity index (χ1n) is 9.79. The Hall–Kier alpha value is -4.05. The van der Waals surface area contributed by atoms with E-state index in [0.717, 1.165) is 35.9 Å². The molecular weight excluding hydrogens is 420 g/mol. The van der Waals surface area contributed by atoms with Gasteiger partial charge in [-0.3, -0.25) is 19.3 Å². The van der Waals surface area contributed by atoms with Gasteiger partial charge < -0.3 is 20.3 Å². The summed E-state index contributed by atoms with van der Waals surface area (Å²) >= 11 is 0. The summed E-state index contributed by atoms with van der Waals surface area (Å²) in [6.45, 7) is 0.735. The monoisotopic (exact) mass is 438 g/mol. The van der Waals surface area contributed by atoms with Crippen molar-refractivity contribution in [3.8, 4) is 0 Å². The molecule has 10 heteroatoms. The predicted molar refractivity (Wildman–Crippen MR) is 109 cm³/mol. The second-order valence-corrected chi connectivity index (χ2v) is 7.48. The van der Waals surface area contributed by atoms with Crippen molar-refractivity contribution in [2.45, 2.75) is 18.9 Å². The Bertz CT molecular complexity index is 1130. The Morgan fingerprint density at radius 1 is 0.938 bits per heavy atom. The molecule has 0 aliphatic carbocycles. The molecule has 4 rings (SSSR count). The molecule has 164 valence electrons. The van der Waals surface area contributed by atoms with E-state index in [-0.39, 0.29) is 46.2 Å². The second-order valence-electron chi connectivity index (χ2n) is 7.48. The number of nitrogens with one attached hydrogen (secondary N) is 1. The van der Waals surface area contributed by atoms with Crippen LogP contribution in [0.15, 0.2) is 36.4 Å². The molecule has 0 saturated carbocycles. The van der Waals surface area contributed by atoms with Crippen LogP contribution in [0.25, 0.3) is 0 Å². The standard InChI is InChI=1S/C22H18N2O8/c25-18(23-14-7-12(21(28)29)6-13(8-14)22(30)31)11-3-4-16-17(9-11)20(27)24(19(16)26)10-15-2-1-5-32-15/h3-4,6-9,15H,1-2,5,10H2,(H,23,25)(H,28,29)(H,30,31)/t15-/m1/s1. The molecule has 1 atom stereocenters. The van der Waals surface area contributed by atoms with Gasteiger partial charge in [0.25, 0.3) is 17.7 Å². The number of carboxylic acids is 2. The zero-order valence-corrected chi connectivity index (χ0v) is 16.7. The highest BCUT2D eigenvalue weighted by Crippen LogP contribution is 2.26. The van der Waals surface area contributed by atoms with Gasteiger partial charge in [-0.05, 0) is 49.2 Å². The summed E-state index contributed by atoms with van der Waals surface area (Å²) in [7, 11) is 0. The van der Waals surface area contributed by atoms with Crippen LogP contribution in [0.1, 0.15) is 64.6 Å². The fourth-order valence-electron chi connectivity index (χ4n) is 3.74. The molecule has 2 aliphatic rings. The zero-order chi connectivity index (χ0) is 23.0. The van der Waals surface area contributed by atoms with Crippen molar-refractivity contribution in [2.24, 2.45) is 0 Å². The lowest BCUT2D eigenvalue weighted by Gasteiger charge is -2.17. The van der Waals surface area contributed by atoms with Gasteiger partial charge >= 0.3 is 11.9 Å². The molecule has 2 aromatic rings. The largest absolute Gasteiger partial charge is 0.478 e. The van der Waals surface area contributed by atoms with E-state index >= 15 is 0 Å². The summed E-state index contributed by atoms with van der Waals surface area (Å²) in [6.07, 6.45) is 1.42. The molecule has 32 heavy (non-hydrogen) atoms. The summed E-state index contributed by atoms with van der Waals surface area (Å²) in [5.41, 5.74) is -0.312. The van der Waals surface area contributed by atoms with Crippen molar-refractivity contribution < 1.29 is 38.9 Å². The molecule has 1 fully saturated rings. The number of rotatable bonds is 6. The van der Waals surface area contributed by atoms with Crippen molar-refractivity contribution in [1.29, 1.82) is 0 Å². The first kappa shape index (κ1) is 21.2. The minimum Gasteiger partial charge on any atom is -0.478 e. The Balaban J connectivity index is 1.56. The average Bonchev–Trinajstić information content (AvgIpc) is 3.36. The molecule has 3 amide bonds. The maximum atomic E-state index is 12.8. The quantitative estimate of drug-likeness (QED) is 0.580. The maximum Gasteiger partial charge on any atom is 0.335 e. The van der Waals surface area contributed by atoms with Crippen molar-refractivity contribution in [1.82, 2.24) is 4.90 Å². The van der Waals surface area contributed by atoms with Gasteiger partial charge in [-0.15, -0.1) is 0 Å². The van der Waals surface area contributed by atoms with E-state index < -0.39 is 29.7 Å². The van der Waals surface area contributed by atoms with Crippen LogP contribution in [0.2, 0.25) is 0 Å². The Morgan fingerprint density at radius 3 is 2.19 bits per heavy atom. The number of carboxylic acid groups (broad SMARTS) is 2. The van der Waals surface area contributed by atoms with E-state index in [2.05, 4.69) is 5.32 Å². The predicted octanol–water partition coefficient (Wildman–Crippen LogP) is 2.11. The molecule has 1 saturated heterocycles. The van der Waals surface area contributed by atoms with Crippen molar-refractivity contribution in [3.05, 3.63) is 64.2 Å². The number of carbonyl (C=O) groups is 5. The van der Waals surface area contributed by atoms with E-state index in [9.17, 15) is 24.0 Å². The van der Waals surface area contributed by atoms with Gasteiger partial charge in [-0.1, -0.05) is 0 Å². The van der Waals surface area contributed by atoms with E-state index in [4.69, 9.17) is 14.9 Å². The third kappa shape index (κ3) is 3.95. The lowest BCUT2D eigenvalue weighted by Crippen LogP contribution is -2.36. The van der Waals surface area contributed by atoms with Gasteiger partial charge in [0, 0.05) is 17.9 Å².